The van der Waals surface area contributed by atoms with Crippen molar-refractivity contribution in [1.29, 1.82) is 5.26 Å². The van der Waals surface area contributed by atoms with Crippen LogP contribution in [0.5, 0.6) is 0 Å². The van der Waals surface area contributed by atoms with Crippen molar-refractivity contribution in [2.75, 3.05) is 0 Å². The molecule has 0 fully saturated rings. The Bertz CT molecular complexity index is 328. The predicted octanol–water partition coefficient (Wildman–Crippen LogP) is 2.76. The molecule has 0 aliphatic heterocycles. The van der Waals surface area contributed by atoms with E-state index in [1.165, 1.54) is 0 Å². The number of nitrogens with zero attached hydrogens (tertiary/aromatic N) is 1. The van der Waals surface area contributed by atoms with E-state index in [9.17, 15) is 0 Å². The zero-order valence-electron chi connectivity index (χ0n) is 5.93. The van der Waals surface area contributed by atoms with E-state index < -0.39 is 0 Å². The molecule has 0 aliphatic carbocycles. The molecule has 0 atom stereocenters. The lowest BCUT2D eigenvalue weighted by Gasteiger charge is -2.01. The van der Waals surface area contributed by atoms with Crippen molar-refractivity contribution in [3.8, 4) is 6.07 Å². The summed E-state index contributed by atoms with van der Waals surface area (Å²) in [5, 5.41) is 8.72. The van der Waals surface area contributed by atoms with Crippen LogP contribution in [-0.2, 0) is 0 Å². The fraction of sp³-hybridized carbons (Fsp3) is 0.125. The number of aryl methyl sites for hydroxylation is 1. The molecule has 0 N–H and O–H groups in total. The topological polar surface area (TPSA) is 23.8 Å². The Morgan fingerprint density at radius 1 is 1.55 bits per heavy atom. The summed E-state index contributed by atoms with van der Waals surface area (Å²) in [6.45, 7) is 1.94. The largest absolute Gasteiger partial charge is 0.192 e. The second kappa shape index (κ2) is 3.46. The van der Waals surface area contributed by atoms with Crippen molar-refractivity contribution >= 4 is 35.2 Å². The maximum Gasteiger partial charge on any atom is 0.101 e. The highest BCUT2D eigenvalue weighted by Gasteiger charge is 2.04. The summed E-state index contributed by atoms with van der Waals surface area (Å²) >= 11 is 6.37. The molecule has 0 spiro atoms. The summed E-state index contributed by atoms with van der Waals surface area (Å²) in [6.07, 6.45) is 0. The lowest BCUT2D eigenvalue weighted by Crippen LogP contribution is -1.86. The highest BCUT2D eigenvalue weighted by molar-refractivity contribution is 14.1. The zero-order chi connectivity index (χ0) is 8.43. The molecule has 0 aliphatic rings. The SMILES string of the molecule is Cc1ccc(I)c(C#N)c1S. The quantitative estimate of drug-likeness (QED) is 0.571. The van der Waals surface area contributed by atoms with Gasteiger partial charge in [-0.15, -0.1) is 12.6 Å². The second-order valence-electron chi connectivity index (χ2n) is 2.20. The third-order valence-electron chi connectivity index (χ3n) is 1.44. The van der Waals surface area contributed by atoms with Gasteiger partial charge in [0.1, 0.15) is 6.07 Å². The zero-order valence-corrected chi connectivity index (χ0v) is 8.98. The van der Waals surface area contributed by atoms with Crippen molar-refractivity contribution in [3.63, 3.8) is 0 Å². The van der Waals surface area contributed by atoms with E-state index in [2.05, 4.69) is 41.3 Å². The molecule has 1 aromatic carbocycles. The van der Waals surface area contributed by atoms with Gasteiger partial charge in [0.2, 0.25) is 0 Å². The third kappa shape index (κ3) is 1.68. The summed E-state index contributed by atoms with van der Waals surface area (Å²) in [5.41, 5.74) is 1.72. The van der Waals surface area contributed by atoms with Crippen LogP contribution in [0.4, 0.5) is 0 Å². The molecule has 56 valence electrons. The molecule has 1 rings (SSSR count). The Labute approximate surface area is 85.0 Å². The molecule has 3 heteroatoms. The van der Waals surface area contributed by atoms with Crippen LogP contribution in [0.25, 0.3) is 0 Å². The normalized spacial score (nSPS) is 9.27. The van der Waals surface area contributed by atoms with Crippen molar-refractivity contribution in [2.24, 2.45) is 0 Å². The first-order chi connectivity index (χ1) is 5.16. The highest BCUT2D eigenvalue weighted by atomic mass is 127. The van der Waals surface area contributed by atoms with E-state index in [4.69, 9.17) is 5.26 Å². The molecule has 0 amide bonds. The molecular formula is C8H6INS. The maximum absolute atomic E-state index is 8.72. The number of benzene rings is 1. The van der Waals surface area contributed by atoms with Crippen LogP contribution in [0.15, 0.2) is 17.0 Å². The van der Waals surface area contributed by atoms with Crippen LogP contribution in [0.2, 0.25) is 0 Å². The minimum absolute atomic E-state index is 0.675. The fourth-order valence-electron chi connectivity index (χ4n) is 0.777. The molecule has 0 heterocycles. The first-order valence-corrected chi connectivity index (χ1v) is 4.57. The third-order valence-corrected chi connectivity index (χ3v) is 2.92. The molecule has 0 unspecified atom stereocenters. The summed E-state index contributed by atoms with van der Waals surface area (Å²) in [7, 11) is 0. The van der Waals surface area contributed by atoms with E-state index in [0.717, 1.165) is 14.0 Å². The number of nitriles is 1. The van der Waals surface area contributed by atoms with Crippen LogP contribution in [0, 0.1) is 21.8 Å². The van der Waals surface area contributed by atoms with Crippen molar-refractivity contribution < 1.29 is 0 Å². The number of rotatable bonds is 0. The van der Waals surface area contributed by atoms with Crippen LogP contribution in [0.3, 0.4) is 0 Å². The molecule has 1 nitrogen and oxygen atoms in total. The second-order valence-corrected chi connectivity index (χ2v) is 3.81. The van der Waals surface area contributed by atoms with Gasteiger partial charge in [-0.25, -0.2) is 0 Å². The smallest absolute Gasteiger partial charge is 0.101 e. The number of hydrogen-bond acceptors (Lipinski definition) is 2. The Kier molecular flexibility index (Phi) is 2.79. The van der Waals surface area contributed by atoms with E-state index in [-0.39, 0.29) is 0 Å². The average molecular weight is 275 g/mol. The van der Waals surface area contributed by atoms with Crippen molar-refractivity contribution in [2.45, 2.75) is 11.8 Å². The number of thiol groups is 1. The Balaban J connectivity index is 3.44. The van der Waals surface area contributed by atoms with E-state index in [1.54, 1.807) is 0 Å². The summed E-state index contributed by atoms with van der Waals surface area (Å²) in [4.78, 5) is 0.791. The van der Waals surface area contributed by atoms with Gasteiger partial charge in [-0.2, -0.15) is 5.26 Å². The Morgan fingerprint density at radius 3 is 2.64 bits per heavy atom. The summed E-state index contributed by atoms with van der Waals surface area (Å²) in [5.74, 6) is 0. The van der Waals surface area contributed by atoms with Crippen LogP contribution < -0.4 is 0 Å². The lowest BCUT2D eigenvalue weighted by molar-refractivity contribution is 1.25. The van der Waals surface area contributed by atoms with E-state index in [1.807, 2.05) is 19.1 Å². The molecule has 0 saturated carbocycles. The number of hydrogen-bond donors (Lipinski definition) is 1. The molecule has 0 bridgehead atoms. The minimum atomic E-state index is 0.675. The monoisotopic (exact) mass is 275 g/mol. The van der Waals surface area contributed by atoms with Gasteiger partial charge >= 0.3 is 0 Å². The lowest BCUT2D eigenvalue weighted by atomic mass is 10.1. The van der Waals surface area contributed by atoms with Gasteiger partial charge < -0.3 is 0 Å². The molecule has 0 radical (unpaired) electrons. The van der Waals surface area contributed by atoms with Gasteiger partial charge in [0.25, 0.3) is 0 Å². The Morgan fingerprint density at radius 2 is 2.18 bits per heavy atom. The molecule has 0 saturated heterocycles. The van der Waals surface area contributed by atoms with E-state index in [0.29, 0.717) is 5.56 Å². The van der Waals surface area contributed by atoms with Crippen LogP contribution in [-0.4, -0.2) is 0 Å². The minimum Gasteiger partial charge on any atom is -0.192 e. The van der Waals surface area contributed by atoms with Gasteiger partial charge in [0.15, 0.2) is 0 Å². The fourth-order valence-corrected chi connectivity index (χ4v) is 1.81. The van der Waals surface area contributed by atoms with Gasteiger partial charge in [-0.1, -0.05) is 6.07 Å². The van der Waals surface area contributed by atoms with E-state index >= 15 is 0 Å². The molecule has 0 aromatic heterocycles. The van der Waals surface area contributed by atoms with Gasteiger partial charge in [0, 0.05) is 8.47 Å². The first-order valence-electron chi connectivity index (χ1n) is 3.05. The van der Waals surface area contributed by atoms with Gasteiger partial charge in [-0.05, 0) is 41.1 Å². The van der Waals surface area contributed by atoms with Gasteiger partial charge in [-0.3, -0.25) is 0 Å². The summed E-state index contributed by atoms with van der Waals surface area (Å²) < 4.78 is 0.959. The van der Waals surface area contributed by atoms with Crippen LogP contribution >= 0.6 is 35.2 Å². The molecule has 1 aromatic rings. The highest BCUT2D eigenvalue weighted by Crippen LogP contribution is 2.22. The predicted molar refractivity (Wildman–Crippen MR) is 55.9 cm³/mol. The molecule has 11 heavy (non-hydrogen) atoms. The maximum atomic E-state index is 8.72. The standard InChI is InChI=1S/C8H6INS/c1-5-2-3-7(9)6(4-10)8(5)11/h2-3,11H,1H3. The van der Waals surface area contributed by atoms with Gasteiger partial charge in [0.05, 0.1) is 5.56 Å². The Hall–Kier alpha value is -0.210. The van der Waals surface area contributed by atoms with Crippen molar-refractivity contribution in [1.82, 2.24) is 0 Å². The first kappa shape index (κ1) is 8.88. The molecular weight excluding hydrogens is 269 g/mol. The number of halogens is 1. The van der Waals surface area contributed by atoms with Crippen LogP contribution in [0.1, 0.15) is 11.1 Å². The summed E-state index contributed by atoms with van der Waals surface area (Å²) in [6, 6.07) is 6.01. The average Bonchev–Trinajstić information content (AvgIpc) is 1.99. The van der Waals surface area contributed by atoms with Crippen molar-refractivity contribution in [3.05, 3.63) is 26.8 Å².